The van der Waals surface area contributed by atoms with E-state index in [2.05, 4.69) is 16.7 Å². The van der Waals surface area contributed by atoms with Crippen LogP contribution in [0.2, 0.25) is 0 Å². The molecule has 0 atom stereocenters. The van der Waals surface area contributed by atoms with Gasteiger partial charge in [-0.05, 0) is 49.9 Å². The molecule has 1 aromatic rings. The highest BCUT2D eigenvalue weighted by atomic mass is 16.2. The Bertz CT molecular complexity index is 559. The van der Waals surface area contributed by atoms with Gasteiger partial charge in [-0.25, -0.2) is 0 Å². The quantitative estimate of drug-likeness (QED) is 0.873. The fourth-order valence-corrected chi connectivity index (χ4v) is 2.40. The Hall–Kier alpha value is -2.53. The first kappa shape index (κ1) is 13.9. The molecule has 0 bridgehead atoms. The fourth-order valence-electron chi connectivity index (χ4n) is 2.40. The van der Waals surface area contributed by atoms with Crippen LogP contribution in [0, 0.1) is 22.7 Å². The van der Waals surface area contributed by atoms with Gasteiger partial charge in [0.1, 0.15) is 5.54 Å². The summed E-state index contributed by atoms with van der Waals surface area (Å²) in [5, 5.41) is 23.7. The third-order valence-corrected chi connectivity index (χ3v) is 3.52. The molecule has 102 valence electrons. The number of anilines is 1. The van der Waals surface area contributed by atoms with E-state index in [-0.39, 0.29) is 12.5 Å². The number of nitrogens with one attached hydrogen (secondary N) is 2. The maximum atomic E-state index is 11.9. The minimum Gasteiger partial charge on any atom is -0.376 e. The molecule has 1 amide bonds. The largest absolute Gasteiger partial charge is 0.376 e. The van der Waals surface area contributed by atoms with E-state index in [9.17, 15) is 10.1 Å². The van der Waals surface area contributed by atoms with E-state index in [0.717, 1.165) is 31.4 Å². The second-order valence-electron chi connectivity index (χ2n) is 4.99. The van der Waals surface area contributed by atoms with E-state index in [0.29, 0.717) is 5.56 Å². The van der Waals surface area contributed by atoms with Crippen molar-refractivity contribution in [1.82, 2.24) is 5.32 Å². The van der Waals surface area contributed by atoms with Crippen molar-refractivity contribution < 1.29 is 4.79 Å². The number of benzene rings is 1. The van der Waals surface area contributed by atoms with Crippen molar-refractivity contribution in [2.75, 3.05) is 11.9 Å². The first-order valence-electron chi connectivity index (χ1n) is 6.64. The summed E-state index contributed by atoms with van der Waals surface area (Å²) in [6.45, 7) is 0.120. The number of carbonyl (C=O) groups is 1. The van der Waals surface area contributed by atoms with Crippen LogP contribution in [0.3, 0.4) is 0 Å². The molecule has 2 N–H and O–H groups in total. The van der Waals surface area contributed by atoms with Gasteiger partial charge in [0.25, 0.3) is 0 Å². The lowest BCUT2D eigenvalue weighted by Crippen LogP contribution is -2.47. The van der Waals surface area contributed by atoms with Crippen molar-refractivity contribution in [2.45, 2.75) is 31.2 Å². The van der Waals surface area contributed by atoms with Gasteiger partial charge in [-0.3, -0.25) is 4.79 Å². The van der Waals surface area contributed by atoms with Crippen LogP contribution >= 0.6 is 0 Å². The molecule has 5 nitrogen and oxygen atoms in total. The molecule has 20 heavy (non-hydrogen) atoms. The van der Waals surface area contributed by atoms with E-state index in [4.69, 9.17) is 5.26 Å². The Morgan fingerprint density at radius 1 is 1.20 bits per heavy atom. The first-order chi connectivity index (χ1) is 9.67. The minimum atomic E-state index is -0.677. The van der Waals surface area contributed by atoms with Gasteiger partial charge in [0.05, 0.1) is 24.2 Å². The van der Waals surface area contributed by atoms with Gasteiger partial charge < -0.3 is 10.6 Å². The van der Waals surface area contributed by atoms with Crippen LogP contribution in [-0.4, -0.2) is 18.0 Å². The predicted octanol–water partition coefficient (Wildman–Crippen LogP) is 1.92. The zero-order valence-corrected chi connectivity index (χ0v) is 11.1. The average Bonchev–Trinajstić information content (AvgIpc) is 2.95. The molecule has 0 saturated heterocycles. The highest BCUT2D eigenvalue weighted by molar-refractivity contribution is 5.81. The SMILES string of the molecule is N#Cc1ccc(NCC(=O)NC2(C#N)CCCC2)cc1. The lowest BCUT2D eigenvalue weighted by atomic mass is 10.00. The zero-order chi connectivity index (χ0) is 14.4. The third-order valence-electron chi connectivity index (χ3n) is 3.52. The number of nitriles is 2. The van der Waals surface area contributed by atoms with Gasteiger partial charge >= 0.3 is 0 Å². The maximum absolute atomic E-state index is 11.9. The molecule has 0 unspecified atom stereocenters. The second kappa shape index (κ2) is 6.08. The molecule has 0 aliphatic heterocycles. The Morgan fingerprint density at radius 3 is 2.40 bits per heavy atom. The molecule has 1 aliphatic carbocycles. The Balaban J connectivity index is 1.86. The maximum Gasteiger partial charge on any atom is 0.240 e. The van der Waals surface area contributed by atoms with Crippen LogP contribution in [0.4, 0.5) is 5.69 Å². The standard InChI is InChI=1S/C15H16N4O/c16-9-12-3-5-13(6-4-12)18-10-14(20)19-15(11-17)7-1-2-8-15/h3-6,18H,1-2,7-8,10H2,(H,19,20). The summed E-state index contributed by atoms with van der Waals surface area (Å²) in [6.07, 6.45) is 3.42. The Morgan fingerprint density at radius 2 is 1.85 bits per heavy atom. The summed E-state index contributed by atoms with van der Waals surface area (Å²) in [5.74, 6) is -0.183. The predicted molar refractivity (Wildman–Crippen MR) is 74.6 cm³/mol. The summed E-state index contributed by atoms with van der Waals surface area (Å²) in [7, 11) is 0. The molecular weight excluding hydrogens is 252 g/mol. The van der Waals surface area contributed by atoms with Gasteiger partial charge in [0.2, 0.25) is 5.91 Å². The van der Waals surface area contributed by atoms with Crippen molar-refractivity contribution in [3.05, 3.63) is 29.8 Å². The van der Waals surface area contributed by atoms with Crippen molar-refractivity contribution in [2.24, 2.45) is 0 Å². The Kier molecular flexibility index (Phi) is 4.22. The van der Waals surface area contributed by atoms with Crippen LogP contribution in [0.25, 0.3) is 0 Å². The van der Waals surface area contributed by atoms with Gasteiger partial charge in [-0.15, -0.1) is 0 Å². The fraction of sp³-hybridized carbons (Fsp3) is 0.400. The van der Waals surface area contributed by atoms with Crippen LogP contribution < -0.4 is 10.6 Å². The summed E-state index contributed by atoms with van der Waals surface area (Å²) < 4.78 is 0. The molecule has 0 spiro atoms. The molecule has 1 fully saturated rings. The summed E-state index contributed by atoms with van der Waals surface area (Å²) >= 11 is 0. The minimum absolute atomic E-state index is 0.120. The average molecular weight is 268 g/mol. The third kappa shape index (κ3) is 3.27. The van der Waals surface area contributed by atoms with Crippen molar-refractivity contribution in [3.8, 4) is 12.1 Å². The van der Waals surface area contributed by atoms with Crippen LogP contribution in [0.1, 0.15) is 31.2 Å². The van der Waals surface area contributed by atoms with Crippen molar-refractivity contribution in [1.29, 1.82) is 10.5 Å². The molecule has 0 heterocycles. The molecule has 1 aliphatic rings. The highest BCUT2D eigenvalue weighted by Gasteiger charge is 2.35. The van der Waals surface area contributed by atoms with Crippen molar-refractivity contribution in [3.63, 3.8) is 0 Å². The van der Waals surface area contributed by atoms with E-state index in [1.54, 1.807) is 24.3 Å². The van der Waals surface area contributed by atoms with Gasteiger partial charge in [-0.1, -0.05) is 0 Å². The number of carbonyl (C=O) groups excluding carboxylic acids is 1. The Labute approximate surface area is 118 Å². The summed E-state index contributed by atoms with van der Waals surface area (Å²) in [4.78, 5) is 11.9. The molecular formula is C15H16N4O. The highest BCUT2D eigenvalue weighted by Crippen LogP contribution is 2.28. The van der Waals surface area contributed by atoms with E-state index in [1.807, 2.05) is 6.07 Å². The van der Waals surface area contributed by atoms with Gasteiger partial charge in [0.15, 0.2) is 0 Å². The van der Waals surface area contributed by atoms with Crippen LogP contribution in [0.5, 0.6) is 0 Å². The van der Waals surface area contributed by atoms with Crippen LogP contribution in [-0.2, 0) is 4.79 Å². The molecule has 0 aromatic heterocycles. The first-order valence-corrected chi connectivity index (χ1v) is 6.64. The number of rotatable bonds is 4. The second-order valence-corrected chi connectivity index (χ2v) is 4.99. The lowest BCUT2D eigenvalue weighted by Gasteiger charge is -2.22. The molecule has 1 saturated carbocycles. The molecule has 1 aromatic carbocycles. The lowest BCUT2D eigenvalue weighted by molar-refractivity contribution is -0.120. The smallest absolute Gasteiger partial charge is 0.240 e. The van der Waals surface area contributed by atoms with Gasteiger partial charge in [0, 0.05) is 5.69 Å². The normalized spacial score (nSPS) is 15.9. The van der Waals surface area contributed by atoms with Crippen molar-refractivity contribution >= 4 is 11.6 Å². The number of nitrogens with zero attached hydrogens (tertiary/aromatic N) is 2. The van der Waals surface area contributed by atoms with E-state index in [1.165, 1.54) is 0 Å². The van der Waals surface area contributed by atoms with Crippen LogP contribution in [0.15, 0.2) is 24.3 Å². The number of amides is 1. The molecule has 0 radical (unpaired) electrons. The molecule has 5 heteroatoms. The van der Waals surface area contributed by atoms with Gasteiger partial charge in [-0.2, -0.15) is 10.5 Å². The van der Waals surface area contributed by atoms with E-state index >= 15 is 0 Å². The summed E-state index contributed by atoms with van der Waals surface area (Å²) in [5.41, 5.74) is 0.676. The summed E-state index contributed by atoms with van der Waals surface area (Å²) in [6, 6.07) is 11.1. The number of hydrogen-bond acceptors (Lipinski definition) is 4. The molecule has 2 rings (SSSR count). The zero-order valence-electron chi connectivity index (χ0n) is 11.1. The number of hydrogen-bond donors (Lipinski definition) is 2. The topological polar surface area (TPSA) is 88.7 Å². The van der Waals surface area contributed by atoms with E-state index < -0.39 is 5.54 Å². The monoisotopic (exact) mass is 268 g/mol.